The molecule has 4 aromatic rings. The number of nitro benzene ring substituents is 1. The summed E-state index contributed by atoms with van der Waals surface area (Å²) in [4.78, 5) is 27.2. The number of halogens is 1. The highest BCUT2D eigenvalue weighted by Gasteiger charge is 2.11. The van der Waals surface area contributed by atoms with Crippen molar-refractivity contribution in [2.45, 2.75) is 0 Å². The predicted molar refractivity (Wildman–Crippen MR) is 126 cm³/mol. The Morgan fingerprint density at radius 1 is 1.00 bits per heavy atom. The van der Waals surface area contributed by atoms with E-state index in [9.17, 15) is 14.9 Å². The highest BCUT2D eigenvalue weighted by molar-refractivity contribution is 9.10. The average molecular weight is 475 g/mol. The van der Waals surface area contributed by atoms with Crippen molar-refractivity contribution in [1.82, 2.24) is 0 Å². The number of allylic oxidation sites excluding steroid dienone is 1. The van der Waals surface area contributed by atoms with Crippen molar-refractivity contribution in [3.05, 3.63) is 109 Å². The van der Waals surface area contributed by atoms with Crippen LogP contribution < -0.4 is 5.63 Å². The molecule has 0 saturated heterocycles. The number of benzene rings is 3. The average Bonchev–Trinajstić information content (AvgIpc) is 2.77. The fourth-order valence-corrected chi connectivity index (χ4v) is 3.44. The lowest BCUT2D eigenvalue weighted by atomic mass is 10.1. The van der Waals surface area contributed by atoms with Gasteiger partial charge in [0.2, 0.25) is 0 Å². The number of hydrogen-bond acceptors (Lipinski definition) is 5. The van der Waals surface area contributed by atoms with E-state index in [2.05, 4.69) is 20.9 Å². The number of hydrogen-bond donors (Lipinski definition) is 0. The maximum atomic E-state index is 12.3. The minimum Gasteiger partial charge on any atom is -0.422 e. The Hall–Kier alpha value is -3.84. The molecule has 6 nitrogen and oxygen atoms in total. The number of aliphatic imine (C=N–C) groups is 1. The molecule has 1 heterocycles. The molecular weight excluding hydrogens is 460 g/mol. The molecule has 0 fully saturated rings. The third-order valence-corrected chi connectivity index (χ3v) is 5.26. The molecule has 0 aliphatic carbocycles. The van der Waals surface area contributed by atoms with Gasteiger partial charge in [0, 0.05) is 17.7 Å². The number of fused-ring (bicyclic) bond motifs is 1. The minimum absolute atomic E-state index is 0.00726. The molecule has 0 atom stereocenters. The van der Waals surface area contributed by atoms with Gasteiger partial charge in [-0.25, -0.2) is 4.79 Å². The van der Waals surface area contributed by atoms with Crippen molar-refractivity contribution < 1.29 is 9.34 Å². The number of nitro groups is 1. The maximum absolute atomic E-state index is 12.3. The lowest BCUT2D eigenvalue weighted by Crippen LogP contribution is -2.02. The first-order valence-electron chi connectivity index (χ1n) is 9.29. The maximum Gasteiger partial charge on any atom is 0.344 e. The molecule has 0 N–H and O–H groups in total. The molecular formula is C24H15BrN2O4. The molecule has 31 heavy (non-hydrogen) atoms. The molecule has 0 aliphatic heterocycles. The quantitative estimate of drug-likeness (QED) is 0.142. The van der Waals surface area contributed by atoms with E-state index in [0.717, 1.165) is 10.9 Å². The van der Waals surface area contributed by atoms with Crippen LogP contribution in [-0.4, -0.2) is 11.1 Å². The Bertz CT molecular complexity index is 1390. The van der Waals surface area contributed by atoms with Gasteiger partial charge < -0.3 is 4.42 Å². The fourth-order valence-electron chi connectivity index (χ4n) is 3.05. The summed E-state index contributed by atoms with van der Waals surface area (Å²) in [5.74, 6) is 0. The zero-order valence-corrected chi connectivity index (χ0v) is 17.7. The lowest BCUT2D eigenvalue weighted by molar-refractivity contribution is -0.385. The molecule has 1 aromatic heterocycles. The second kappa shape index (κ2) is 8.89. The van der Waals surface area contributed by atoms with E-state index in [1.165, 1.54) is 6.07 Å². The Kier molecular flexibility index (Phi) is 5.86. The van der Waals surface area contributed by atoms with Crippen LogP contribution >= 0.6 is 15.9 Å². The van der Waals surface area contributed by atoms with E-state index in [1.807, 2.05) is 36.4 Å². The van der Waals surface area contributed by atoms with E-state index < -0.39 is 4.92 Å². The monoisotopic (exact) mass is 474 g/mol. The van der Waals surface area contributed by atoms with Gasteiger partial charge in [0.25, 0.3) is 5.69 Å². The second-order valence-electron chi connectivity index (χ2n) is 6.64. The summed E-state index contributed by atoms with van der Waals surface area (Å²) in [5, 5.41) is 11.9. The van der Waals surface area contributed by atoms with Gasteiger partial charge in [0.05, 0.1) is 20.6 Å². The minimum atomic E-state index is -0.437. The van der Waals surface area contributed by atoms with Crippen LogP contribution in [-0.2, 0) is 0 Å². The van der Waals surface area contributed by atoms with Crippen LogP contribution in [0.4, 0.5) is 11.4 Å². The molecule has 0 aliphatic rings. The van der Waals surface area contributed by atoms with Crippen LogP contribution in [0.3, 0.4) is 0 Å². The zero-order chi connectivity index (χ0) is 21.8. The first kappa shape index (κ1) is 20.4. The summed E-state index contributed by atoms with van der Waals surface area (Å²) < 4.78 is 5.82. The van der Waals surface area contributed by atoms with E-state index in [1.54, 1.807) is 48.7 Å². The van der Waals surface area contributed by atoms with Crippen LogP contribution in [0.15, 0.2) is 97.5 Å². The van der Waals surface area contributed by atoms with Gasteiger partial charge in [-0.05, 0) is 63.5 Å². The van der Waals surface area contributed by atoms with Crippen LogP contribution in [0.25, 0.3) is 28.2 Å². The van der Waals surface area contributed by atoms with Crippen LogP contribution in [0.5, 0.6) is 0 Å². The highest BCUT2D eigenvalue weighted by atomic mass is 79.9. The van der Waals surface area contributed by atoms with Gasteiger partial charge >= 0.3 is 5.63 Å². The van der Waals surface area contributed by atoms with E-state index in [4.69, 9.17) is 4.42 Å². The summed E-state index contributed by atoms with van der Waals surface area (Å²) in [6.45, 7) is 0. The SMILES string of the molecule is O=c1oc2ccccc2cc1-c1ccc(N=C/C=C/c2ccc(Br)c([N+](=O)[O-])c2)cc1. The van der Waals surface area contributed by atoms with Crippen molar-refractivity contribution in [2.75, 3.05) is 0 Å². The van der Waals surface area contributed by atoms with Gasteiger partial charge in [0.1, 0.15) is 5.58 Å². The Labute approximate surface area is 185 Å². The van der Waals surface area contributed by atoms with Gasteiger partial charge in [0.15, 0.2) is 0 Å². The summed E-state index contributed by atoms with van der Waals surface area (Å²) in [7, 11) is 0. The second-order valence-corrected chi connectivity index (χ2v) is 7.49. The molecule has 3 aromatic carbocycles. The molecule has 152 valence electrons. The van der Waals surface area contributed by atoms with Crippen molar-refractivity contribution in [3.63, 3.8) is 0 Å². The summed E-state index contributed by atoms with van der Waals surface area (Å²) >= 11 is 3.16. The van der Waals surface area contributed by atoms with Crippen LogP contribution in [0.1, 0.15) is 5.56 Å². The largest absolute Gasteiger partial charge is 0.422 e. The smallest absolute Gasteiger partial charge is 0.344 e. The molecule has 0 saturated carbocycles. The number of nitrogens with zero attached hydrogens (tertiary/aromatic N) is 2. The van der Waals surface area contributed by atoms with E-state index in [-0.39, 0.29) is 11.3 Å². The normalized spacial score (nSPS) is 11.5. The Balaban J connectivity index is 1.50. The summed E-state index contributed by atoms with van der Waals surface area (Å²) in [6.07, 6.45) is 5.05. The molecule has 0 spiro atoms. The molecule has 4 rings (SSSR count). The Morgan fingerprint density at radius 2 is 1.77 bits per heavy atom. The summed E-state index contributed by atoms with van der Waals surface area (Å²) in [6, 6.07) is 21.3. The van der Waals surface area contributed by atoms with Gasteiger partial charge in [-0.1, -0.05) is 42.5 Å². The van der Waals surface area contributed by atoms with Crippen molar-refractivity contribution in [3.8, 4) is 11.1 Å². The van der Waals surface area contributed by atoms with Gasteiger partial charge in [-0.2, -0.15) is 0 Å². The number of para-hydroxylation sites is 1. The first-order valence-corrected chi connectivity index (χ1v) is 10.1. The fraction of sp³-hybridized carbons (Fsp3) is 0. The van der Waals surface area contributed by atoms with Crippen molar-refractivity contribution in [1.29, 1.82) is 0 Å². The summed E-state index contributed by atoms with van der Waals surface area (Å²) in [5.41, 5.74) is 2.82. The molecule has 0 bridgehead atoms. The van der Waals surface area contributed by atoms with E-state index >= 15 is 0 Å². The topological polar surface area (TPSA) is 85.7 Å². The van der Waals surface area contributed by atoms with Crippen LogP contribution in [0, 0.1) is 10.1 Å². The zero-order valence-electron chi connectivity index (χ0n) is 16.1. The number of rotatable bonds is 5. The van der Waals surface area contributed by atoms with Gasteiger partial charge in [-0.15, -0.1) is 0 Å². The van der Waals surface area contributed by atoms with Crippen molar-refractivity contribution in [2.24, 2.45) is 4.99 Å². The third-order valence-electron chi connectivity index (χ3n) is 4.58. The first-order chi connectivity index (χ1) is 15.0. The third kappa shape index (κ3) is 4.67. The predicted octanol–water partition coefficient (Wildman–Crippen LogP) is 6.55. The van der Waals surface area contributed by atoms with E-state index in [0.29, 0.717) is 26.9 Å². The standard InChI is InChI=1S/C24H15BrN2O4/c25-21-12-7-16(14-22(21)27(29)30)4-3-13-26-19-10-8-17(9-11-19)20-15-18-5-1-2-6-23(18)31-24(20)28/h1-15H/b4-3+,26-13?. The molecule has 0 radical (unpaired) electrons. The van der Waals surface area contributed by atoms with Crippen molar-refractivity contribution >= 4 is 50.6 Å². The molecule has 0 amide bonds. The highest BCUT2D eigenvalue weighted by Crippen LogP contribution is 2.26. The lowest BCUT2D eigenvalue weighted by Gasteiger charge is -2.03. The molecule has 7 heteroatoms. The van der Waals surface area contributed by atoms with Crippen LogP contribution in [0.2, 0.25) is 0 Å². The molecule has 0 unspecified atom stereocenters. The Morgan fingerprint density at radius 3 is 2.55 bits per heavy atom. The van der Waals surface area contributed by atoms with Gasteiger partial charge in [-0.3, -0.25) is 15.1 Å².